The Morgan fingerprint density at radius 1 is 1.42 bits per heavy atom. The number of hydrogen-bond donors (Lipinski definition) is 3. The third-order valence-electron chi connectivity index (χ3n) is 3.88. The van der Waals surface area contributed by atoms with E-state index in [4.69, 9.17) is 5.73 Å². The first kappa shape index (κ1) is 17.9. The van der Waals surface area contributed by atoms with Crippen LogP contribution >= 0.6 is 11.8 Å². The Morgan fingerprint density at radius 3 is 2.96 bits per heavy atom. The molecule has 8 heteroatoms. The highest BCUT2D eigenvalue weighted by Crippen LogP contribution is 2.38. The monoisotopic (exact) mass is 369 g/mol. The van der Waals surface area contributed by atoms with E-state index in [-0.39, 0.29) is 11.8 Å². The van der Waals surface area contributed by atoms with E-state index < -0.39 is 11.4 Å². The molecule has 0 amide bonds. The first-order valence-corrected chi connectivity index (χ1v) is 8.55. The molecular weight excluding hydrogens is 353 g/mol. The third-order valence-corrected chi connectivity index (χ3v) is 4.69. The Labute approximate surface area is 154 Å². The molecule has 1 atom stereocenters. The van der Waals surface area contributed by atoms with E-state index in [0.717, 1.165) is 11.8 Å². The molecule has 3 rings (SSSR count). The van der Waals surface area contributed by atoms with Crippen molar-refractivity contribution in [2.45, 2.75) is 12.5 Å². The molecule has 6 nitrogen and oxygen atoms in total. The van der Waals surface area contributed by atoms with Crippen LogP contribution in [0.5, 0.6) is 0 Å². The molecule has 0 spiro atoms. The number of nitrogens with two attached hydrogens (primary N) is 1. The van der Waals surface area contributed by atoms with Gasteiger partial charge in [0.2, 0.25) is 0 Å². The largest absolute Gasteiger partial charge is 0.391 e. The van der Waals surface area contributed by atoms with Gasteiger partial charge < -0.3 is 16.2 Å². The molecule has 0 radical (unpaired) electrons. The maximum atomic E-state index is 14.5. The molecule has 1 aliphatic heterocycles. The number of benzene rings is 1. The first-order valence-electron chi connectivity index (χ1n) is 7.73. The number of aliphatic imine (C=N–C) groups is 1. The minimum absolute atomic E-state index is 0.199. The number of rotatable bonds is 4. The van der Waals surface area contributed by atoms with Crippen LogP contribution in [-0.2, 0) is 5.54 Å². The first-order chi connectivity index (χ1) is 12.4. The summed E-state index contributed by atoms with van der Waals surface area (Å²) < 4.78 is 14.5. The number of nitrogens with one attached hydrogen (secondary N) is 1. The quantitative estimate of drug-likeness (QED) is 0.765. The Balaban J connectivity index is 2.02. The molecule has 1 aromatic heterocycles. The Kier molecular flexibility index (Phi) is 4.93. The Morgan fingerprint density at radius 2 is 2.23 bits per heavy atom. The smallest absolute Gasteiger partial charge is 0.159 e. The van der Waals surface area contributed by atoms with Crippen molar-refractivity contribution in [1.29, 1.82) is 5.26 Å². The lowest BCUT2D eigenvalue weighted by molar-refractivity contribution is 0.337. The zero-order valence-electron chi connectivity index (χ0n) is 13.9. The predicted molar refractivity (Wildman–Crippen MR) is 100 cm³/mol. The number of amidine groups is 1. The van der Waals surface area contributed by atoms with Crippen molar-refractivity contribution in [3.8, 4) is 6.07 Å². The second-order valence-corrected chi connectivity index (χ2v) is 6.95. The summed E-state index contributed by atoms with van der Waals surface area (Å²) >= 11 is 1.16. The molecule has 26 heavy (non-hydrogen) atoms. The van der Waals surface area contributed by atoms with Crippen molar-refractivity contribution in [2.75, 3.05) is 11.9 Å². The summed E-state index contributed by atoms with van der Waals surface area (Å²) in [6.45, 7) is 1.52. The van der Waals surface area contributed by atoms with E-state index in [2.05, 4.69) is 21.4 Å². The van der Waals surface area contributed by atoms with Crippen molar-refractivity contribution in [1.82, 2.24) is 4.98 Å². The zero-order valence-corrected chi connectivity index (χ0v) is 14.7. The fraction of sp³-hybridized carbons (Fsp3) is 0.167. The van der Waals surface area contributed by atoms with E-state index in [1.54, 1.807) is 43.5 Å². The van der Waals surface area contributed by atoms with E-state index in [0.29, 0.717) is 27.5 Å². The molecule has 0 saturated carbocycles. The van der Waals surface area contributed by atoms with Gasteiger partial charge in [0, 0.05) is 22.4 Å². The van der Waals surface area contributed by atoms with Gasteiger partial charge >= 0.3 is 0 Å². The minimum atomic E-state index is -1.04. The number of nitriles is 1. The molecule has 132 valence electrons. The average molecular weight is 369 g/mol. The van der Waals surface area contributed by atoms with Gasteiger partial charge in [0.15, 0.2) is 5.17 Å². The number of aliphatic hydroxyl groups excluding tert-OH is 1. The summed E-state index contributed by atoms with van der Waals surface area (Å²) in [5.74, 6) is -0.0666. The number of anilines is 2. The van der Waals surface area contributed by atoms with Gasteiger partial charge in [0.05, 0.1) is 12.2 Å². The summed E-state index contributed by atoms with van der Waals surface area (Å²) in [7, 11) is 0. The molecule has 2 aromatic rings. The number of aromatic nitrogens is 1. The van der Waals surface area contributed by atoms with E-state index in [1.807, 2.05) is 0 Å². The highest BCUT2D eigenvalue weighted by molar-refractivity contribution is 8.17. The van der Waals surface area contributed by atoms with E-state index in [9.17, 15) is 14.8 Å². The number of aliphatic hydroxyl groups is 1. The maximum Gasteiger partial charge on any atom is 0.159 e. The molecule has 0 bridgehead atoms. The second kappa shape index (κ2) is 7.15. The fourth-order valence-corrected chi connectivity index (χ4v) is 3.56. The minimum Gasteiger partial charge on any atom is -0.391 e. The SMILES string of the molecule is C[C@@]1(c2cc(Nc3ncccc3C#N)ccc2F)C=C(CO)SC(N)=N1. The highest BCUT2D eigenvalue weighted by atomic mass is 32.2. The lowest BCUT2D eigenvalue weighted by Gasteiger charge is -2.28. The molecule has 0 unspecified atom stereocenters. The van der Waals surface area contributed by atoms with Crippen LogP contribution in [0.15, 0.2) is 52.5 Å². The van der Waals surface area contributed by atoms with Crippen molar-refractivity contribution in [3.63, 3.8) is 0 Å². The fourth-order valence-electron chi connectivity index (χ4n) is 2.70. The summed E-state index contributed by atoms with van der Waals surface area (Å²) in [6, 6.07) is 9.83. The molecule has 0 fully saturated rings. The van der Waals surface area contributed by atoms with Crippen LogP contribution in [-0.4, -0.2) is 21.9 Å². The van der Waals surface area contributed by atoms with Crippen LogP contribution < -0.4 is 11.1 Å². The van der Waals surface area contributed by atoms with Crippen LogP contribution in [0.1, 0.15) is 18.1 Å². The summed E-state index contributed by atoms with van der Waals surface area (Å²) in [5, 5.41) is 21.9. The lowest BCUT2D eigenvalue weighted by Crippen LogP contribution is -2.27. The van der Waals surface area contributed by atoms with Gasteiger partial charge in [-0.05, 0) is 43.3 Å². The third kappa shape index (κ3) is 3.54. The van der Waals surface area contributed by atoms with Crippen LogP contribution in [0, 0.1) is 17.1 Å². The molecule has 1 aliphatic rings. The maximum absolute atomic E-state index is 14.5. The van der Waals surface area contributed by atoms with Gasteiger partial charge in [-0.15, -0.1) is 0 Å². The lowest BCUT2D eigenvalue weighted by atomic mass is 9.91. The number of pyridine rings is 1. The van der Waals surface area contributed by atoms with Crippen molar-refractivity contribution in [2.24, 2.45) is 10.7 Å². The van der Waals surface area contributed by atoms with Crippen molar-refractivity contribution < 1.29 is 9.50 Å². The van der Waals surface area contributed by atoms with E-state index >= 15 is 0 Å². The normalized spacial score (nSPS) is 19.3. The van der Waals surface area contributed by atoms with Crippen LogP contribution in [0.25, 0.3) is 0 Å². The molecular formula is C18H16FN5OS. The molecule has 2 heterocycles. The molecule has 1 aromatic carbocycles. The number of thioether (sulfide) groups is 1. The van der Waals surface area contributed by atoms with Gasteiger partial charge in [-0.25, -0.2) is 14.4 Å². The predicted octanol–water partition coefficient (Wildman–Crippen LogP) is 2.99. The molecule has 4 N–H and O–H groups in total. The topological polar surface area (TPSA) is 107 Å². The average Bonchev–Trinajstić information content (AvgIpc) is 2.63. The molecule has 0 saturated heterocycles. The molecule has 0 aliphatic carbocycles. The standard InChI is InChI=1S/C18H16FN5OS/c1-18(8-13(10-25)26-17(21)24-18)14-7-12(4-5-15(14)19)23-16-11(9-20)3-2-6-22-16/h2-8,25H,10H2,1H3,(H2,21,24)(H,22,23)/t18-/m0/s1. The number of nitrogens with zero attached hydrogens (tertiary/aromatic N) is 3. The number of hydrogen-bond acceptors (Lipinski definition) is 7. The summed E-state index contributed by atoms with van der Waals surface area (Å²) in [4.78, 5) is 9.11. The van der Waals surface area contributed by atoms with Gasteiger partial charge in [-0.2, -0.15) is 5.26 Å². The van der Waals surface area contributed by atoms with Gasteiger partial charge in [-0.1, -0.05) is 11.8 Å². The van der Waals surface area contributed by atoms with Crippen LogP contribution in [0.2, 0.25) is 0 Å². The van der Waals surface area contributed by atoms with Crippen LogP contribution in [0.3, 0.4) is 0 Å². The van der Waals surface area contributed by atoms with Gasteiger partial charge in [0.1, 0.15) is 23.2 Å². The zero-order chi connectivity index (χ0) is 18.7. The van der Waals surface area contributed by atoms with Gasteiger partial charge in [0.25, 0.3) is 0 Å². The number of halogens is 1. The summed E-state index contributed by atoms with van der Waals surface area (Å²) in [5.41, 5.74) is 6.03. The second-order valence-electron chi connectivity index (χ2n) is 5.80. The van der Waals surface area contributed by atoms with E-state index in [1.165, 1.54) is 6.07 Å². The Bertz CT molecular complexity index is 953. The van der Waals surface area contributed by atoms with Crippen molar-refractivity contribution >= 4 is 28.4 Å². The highest BCUT2D eigenvalue weighted by Gasteiger charge is 2.31. The summed E-state index contributed by atoms with van der Waals surface area (Å²) in [6.07, 6.45) is 3.26. The van der Waals surface area contributed by atoms with Crippen molar-refractivity contribution in [3.05, 3.63) is 64.5 Å². The Hall–Kier alpha value is -2.89. The van der Waals surface area contributed by atoms with Gasteiger partial charge in [-0.3, -0.25) is 0 Å². The van der Waals surface area contributed by atoms with Crippen LogP contribution in [0.4, 0.5) is 15.9 Å².